The van der Waals surface area contributed by atoms with E-state index in [1.807, 2.05) is 12.1 Å². The van der Waals surface area contributed by atoms with E-state index in [9.17, 15) is 14.7 Å². The number of aliphatic hydroxyl groups is 1. The quantitative estimate of drug-likeness (QED) is 0.385. The van der Waals surface area contributed by atoms with E-state index in [2.05, 4.69) is 0 Å². The number of Topliss-reactive ketones (excluding diaryl/α,β-unsaturated/α-hetero) is 1. The molecule has 6 nitrogen and oxygen atoms in total. The molecule has 168 valence electrons. The fourth-order valence-electron chi connectivity index (χ4n) is 4.69. The van der Waals surface area contributed by atoms with E-state index < -0.39 is 17.7 Å². The van der Waals surface area contributed by atoms with Gasteiger partial charge >= 0.3 is 0 Å². The maximum absolute atomic E-state index is 13.2. The van der Waals surface area contributed by atoms with Crippen LogP contribution in [0.1, 0.15) is 49.3 Å². The molecule has 2 aliphatic rings. The standard InChI is InChI=1S/C25H26ClNO5/c1-31-18-10-6-7-15(13-18)22-21(23(28)16-11-12-20(32-2)19(26)14-16)24(29)25(30)27(22)17-8-4-3-5-9-17/h6-7,10-14,17,22,28H,3-5,8-9H2,1-2H3/b23-21-. The summed E-state index contributed by atoms with van der Waals surface area (Å²) in [6.45, 7) is 0. The van der Waals surface area contributed by atoms with Crippen LogP contribution < -0.4 is 9.47 Å². The van der Waals surface area contributed by atoms with Gasteiger partial charge in [-0.2, -0.15) is 0 Å². The molecule has 0 radical (unpaired) electrons. The fourth-order valence-corrected chi connectivity index (χ4v) is 4.95. The second kappa shape index (κ2) is 9.25. The maximum Gasteiger partial charge on any atom is 0.295 e. The number of nitrogens with zero attached hydrogens (tertiary/aromatic N) is 1. The van der Waals surface area contributed by atoms with Gasteiger partial charge in [0.2, 0.25) is 0 Å². The van der Waals surface area contributed by atoms with Crippen molar-refractivity contribution in [2.45, 2.75) is 44.2 Å². The first-order chi connectivity index (χ1) is 15.5. The van der Waals surface area contributed by atoms with Crippen molar-refractivity contribution in [3.8, 4) is 11.5 Å². The zero-order valence-electron chi connectivity index (χ0n) is 18.1. The Balaban J connectivity index is 1.88. The molecule has 0 bridgehead atoms. The maximum atomic E-state index is 13.2. The van der Waals surface area contributed by atoms with Gasteiger partial charge in [0.25, 0.3) is 11.7 Å². The van der Waals surface area contributed by atoms with Crippen LogP contribution in [0.15, 0.2) is 48.0 Å². The van der Waals surface area contributed by atoms with E-state index in [4.69, 9.17) is 21.1 Å². The first-order valence-electron chi connectivity index (χ1n) is 10.7. The molecule has 1 heterocycles. The smallest absolute Gasteiger partial charge is 0.295 e. The molecule has 1 aliphatic heterocycles. The normalized spacial score (nSPS) is 21.1. The van der Waals surface area contributed by atoms with Crippen molar-refractivity contribution < 1.29 is 24.2 Å². The number of hydrogen-bond acceptors (Lipinski definition) is 5. The highest BCUT2D eigenvalue weighted by Gasteiger charge is 2.49. The molecule has 32 heavy (non-hydrogen) atoms. The SMILES string of the molecule is COc1cccc(C2/C(=C(/O)c3ccc(OC)c(Cl)c3)C(=O)C(=O)N2C2CCCCC2)c1. The third-order valence-electron chi connectivity index (χ3n) is 6.28. The number of amides is 1. The van der Waals surface area contributed by atoms with Gasteiger partial charge in [0.15, 0.2) is 0 Å². The highest BCUT2D eigenvalue weighted by molar-refractivity contribution is 6.46. The Morgan fingerprint density at radius 1 is 1.03 bits per heavy atom. The lowest BCUT2D eigenvalue weighted by Crippen LogP contribution is -2.40. The summed E-state index contributed by atoms with van der Waals surface area (Å²) in [6, 6.07) is 11.3. The zero-order valence-corrected chi connectivity index (χ0v) is 18.9. The van der Waals surface area contributed by atoms with Crippen molar-refractivity contribution in [3.05, 3.63) is 64.2 Å². The van der Waals surface area contributed by atoms with E-state index in [0.717, 1.165) is 37.7 Å². The molecule has 0 aromatic heterocycles. The van der Waals surface area contributed by atoms with Gasteiger partial charge in [-0.05, 0) is 48.7 Å². The molecule has 1 amide bonds. The Hall–Kier alpha value is -2.99. The molecule has 7 heteroatoms. The van der Waals surface area contributed by atoms with Gasteiger partial charge in [-0.3, -0.25) is 9.59 Å². The van der Waals surface area contributed by atoms with E-state index >= 15 is 0 Å². The molecule has 1 aliphatic carbocycles. The molecule has 1 saturated carbocycles. The Bertz CT molecular complexity index is 1070. The number of carbonyl (C=O) groups excluding carboxylic acids is 2. The summed E-state index contributed by atoms with van der Waals surface area (Å²) in [6.07, 6.45) is 4.80. The lowest BCUT2D eigenvalue weighted by molar-refractivity contribution is -0.141. The van der Waals surface area contributed by atoms with Crippen molar-refractivity contribution in [2.75, 3.05) is 14.2 Å². The Labute approximate surface area is 192 Å². The largest absolute Gasteiger partial charge is 0.507 e. The zero-order chi connectivity index (χ0) is 22.8. The predicted octanol–water partition coefficient (Wildman–Crippen LogP) is 5.11. The number of methoxy groups -OCH3 is 2. The van der Waals surface area contributed by atoms with E-state index in [0.29, 0.717) is 22.1 Å². The number of hydrogen-bond donors (Lipinski definition) is 1. The highest BCUT2D eigenvalue weighted by Crippen LogP contribution is 2.44. The van der Waals surface area contributed by atoms with Gasteiger partial charge in [-0.15, -0.1) is 0 Å². The summed E-state index contributed by atoms with van der Waals surface area (Å²) < 4.78 is 10.6. The minimum atomic E-state index is -0.700. The second-order valence-electron chi connectivity index (χ2n) is 8.12. The summed E-state index contributed by atoms with van der Waals surface area (Å²) in [7, 11) is 3.07. The molecule has 1 saturated heterocycles. The van der Waals surface area contributed by atoms with Gasteiger partial charge in [-0.25, -0.2) is 0 Å². The van der Waals surface area contributed by atoms with Gasteiger partial charge in [-0.1, -0.05) is 43.0 Å². The van der Waals surface area contributed by atoms with Crippen LogP contribution in [0.4, 0.5) is 0 Å². The van der Waals surface area contributed by atoms with Crippen molar-refractivity contribution in [1.29, 1.82) is 0 Å². The minimum Gasteiger partial charge on any atom is -0.507 e. The van der Waals surface area contributed by atoms with Crippen LogP contribution in [-0.2, 0) is 9.59 Å². The van der Waals surface area contributed by atoms with Crippen LogP contribution in [0.5, 0.6) is 11.5 Å². The molecular weight excluding hydrogens is 430 g/mol. The second-order valence-corrected chi connectivity index (χ2v) is 8.53. The van der Waals surface area contributed by atoms with Gasteiger partial charge < -0.3 is 19.5 Å². The summed E-state index contributed by atoms with van der Waals surface area (Å²) in [5.74, 6) is -0.447. The Kier molecular flexibility index (Phi) is 6.42. The molecule has 4 rings (SSSR count). The van der Waals surface area contributed by atoms with Crippen LogP contribution >= 0.6 is 11.6 Å². The van der Waals surface area contributed by atoms with E-state index in [1.54, 1.807) is 36.3 Å². The Morgan fingerprint density at radius 3 is 2.44 bits per heavy atom. The van der Waals surface area contributed by atoms with Crippen molar-refractivity contribution in [3.63, 3.8) is 0 Å². The lowest BCUT2D eigenvalue weighted by Gasteiger charge is -2.35. The average Bonchev–Trinajstić information content (AvgIpc) is 3.09. The summed E-state index contributed by atoms with van der Waals surface area (Å²) >= 11 is 6.25. The van der Waals surface area contributed by atoms with Gasteiger partial charge in [0.05, 0.1) is 30.9 Å². The molecule has 1 unspecified atom stereocenters. The monoisotopic (exact) mass is 455 g/mol. The first-order valence-corrected chi connectivity index (χ1v) is 11.1. The van der Waals surface area contributed by atoms with Crippen LogP contribution in [0.25, 0.3) is 5.76 Å². The van der Waals surface area contributed by atoms with Crippen LogP contribution in [-0.4, -0.2) is 42.0 Å². The fraction of sp³-hybridized carbons (Fsp3) is 0.360. The predicted molar refractivity (Wildman–Crippen MR) is 122 cm³/mol. The molecule has 2 aromatic carbocycles. The first kappa shape index (κ1) is 22.2. The number of rotatable bonds is 5. The number of halogens is 1. The third-order valence-corrected chi connectivity index (χ3v) is 6.58. The van der Waals surface area contributed by atoms with Crippen molar-refractivity contribution in [2.24, 2.45) is 0 Å². The highest BCUT2D eigenvalue weighted by atomic mass is 35.5. The molecular formula is C25H26ClNO5. The number of likely N-dealkylation sites (tertiary alicyclic amines) is 1. The lowest BCUT2D eigenvalue weighted by atomic mass is 9.91. The molecule has 1 atom stereocenters. The van der Waals surface area contributed by atoms with Crippen LogP contribution in [0.3, 0.4) is 0 Å². The third kappa shape index (κ3) is 3.95. The van der Waals surface area contributed by atoms with Crippen LogP contribution in [0, 0.1) is 0 Å². The van der Waals surface area contributed by atoms with E-state index in [1.165, 1.54) is 13.2 Å². The average molecular weight is 456 g/mol. The number of ether oxygens (including phenoxy) is 2. The van der Waals surface area contributed by atoms with Gasteiger partial charge in [0.1, 0.15) is 17.3 Å². The number of aliphatic hydroxyl groups excluding tert-OH is 1. The van der Waals surface area contributed by atoms with Crippen LogP contribution in [0.2, 0.25) is 5.02 Å². The molecule has 1 N–H and O–H groups in total. The number of carbonyl (C=O) groups is 2. The topological polar surface area (TPSA) is 76.1 Å². The van der Waals surface area contributed by atoms with Crippen molar-refractivity contribution in [1.82, 2.24) is 4.90 Å². The minimum absolute atomic E-state index is 0.0545. The molecule has 0 spiro atoms. The number of benzene rings is 2. The van der Waals surface area contributed by atoms with Gasteiger partial charge in [0, 0.05) is 11.6 Å². The summed E-state index contributed by atoms with van der Waals surface area (Å²) in [5.41, 5.74) is 1.13. The Morgan fingerprint density at radius 2 is 1.78 bits per heavy atom. The number of ketones is 1. The van der Waals surface area contributed by atoms with E-state index in [-0.39, 0.29) is 17.4 Å². The summed E-state index contributed by atoms with van der Waals surface area (Å²) in [4.78, 5) is 28.1. The van der Waals surface area contributed by atoms with Crippen molar-refractivity contribution >= 4 is 29.1 Å². The molecule has 2 fully saturated rings. The summed E-state index contributed by atoms with van der Waals surface area (Å²) in [5, 5.41) is 11.5. The molecule has 2 aromatic rings.